The zero-order valence-electron chi connectivity index (χ0n) is 11.3. The molecule has 1 aromatic rings. The van der Waals surface area contributed by atoms with Gasteiger partial charge in [-0.15, -0.1) is 11.3 Å². The van der Waals surface area contributed by atoms with Crippen LogP contribution in [0.15, 0.2) is 54.2 Å². The predicted molar refractivity (Wildman–Crippen MR) is 84.8 cm³/mol. The third kappa shape index (κ3) is 2.48. The molecule has 0 spiro atoms. The van der Waals surface area contributed by atoms with Crippen molar-refractivity contribution in [3.05, 3.63) is 60.1 Å². The molecule has 1 aliphatic heterocycles. The molecular weight excluding hydrogens is 266 g/mol. The van der Waals surface area contributed by atoms with Gasteiger partial charge in [0.05, 0.1) is 26.1 Å². The van der Waals surface area contributed by atoms with E-state index in [4.69, 9.17) is 4.98 Å². The van der Waals surface area contributed by atoms with Gasteiger partial charge < -0.3 is 5.32 Å². The number of nitrogens with one attached hydrogen (secondary N) is 1. The SMILES string of the molecule is C=CN=c1ccc2nc3ccc(CNC)cc3sc-2c1. The molecule has 100 valence electrons. The first-order valence-corrected chi connectivity index (χ1v) is 7.25. The van der Waals surface area contributed by atoms with E-state index >= 15 is 0 Å². The van der Waals surface area contributed by atoms with Crippen molar-refractivity contribution in [3.63, 3.8) is 0 Å². The topological polar surface area (TPSA) is 37.3 Å². The van der Waals surface area contributed by atoms with Crippen molar-refractivity contribution in [2.24, 2.45) is 4.99 Å². The van der Waals surface area contributed by atoms with Gasteiger partial charge >= 0.3 is 0 Å². The maximum absolute atomic E-state index is 4.70. The fraction of sp³-hybridized carbons (Fsp3) is 0.125. The van der Waals surface area contributed by atoms with Crippen molar-refractivity contribution >= 4 is 21.6 Å². The predicted octanol–water partition coefficient (Wildman–Crippen LogP) is 3.16. The third-order valence-corrected chi connectivity index (χ3v) is 4.14. The Morgan fingerprint density at radius 2 is 2.20 bits per heavy atom. The number of fused-ring (bicyclic) bond motifs is 2. The van der Waals surface area contributed by atoms with Crippen LogP contribution in [-0.4, -0.2) is 12.0 Å². The van der Waals surface area contributed by atoms with Crippen molar-refractivity contribution < 1.29 is 0 Å². The van der Waals surface area contributed by atoms with E-state index in [1.807, 2.05) is 19.2 Å². The summed E-state index contributed by atoms with van der Waals surface area (Å²) in [6.07, 6.45) is 1.56. The summed E-state index contributed by atoms with van der Waals surface area (Å²) >= 11 is 1.75. The van der Waals surface area contributed by atoms with Crippen molar-refractivity contribution in [2.75, 3.05) is 7.05 Å². The molecular formula is C16H15N3S. The minimum Gasteiger partial charge on any atom is -0.316 e. The smallest absolute Gasteiger partial charge is 0.0811 e. The summed E-state index contributed by atoms with van der Waals surface area (Å²) < 4.78 is 1.20. The molecule has 0 bridgehead atoms. The van der Waals surface area contributed by atoms with Crippen LogP contribution in [0.5, 0.6) is 0 Å². The summed E-state index contributed by atoms with van der Waals surface area (Å²) in [6.45, 7) is 4.50. The largest absolute Gasteiger partial charge is 0.316 e. The van der Waals surface area contributed by atoms with Crippen LogP contribution in [0.1, 0.15) is 5.56 Å². The lowest BCUT2D eigenvalue weighted by Gasteiger charge is -2.07. The van der Waals surface area contributed by atoms with Crippen LogP contribution >= 0.6 is 11.3 Å². The average molecular weight is 281 g/mol. The summed E-state index contributed by atoms with van der Waals surface area (Å²) in [5.41, 5.74) is 3.31. The van der Waals surface area contributed by atoms with Crippen molar-refractivity contribution in [1.29, 1.82) is 0 Å². The molecule has 0 aromatic heterocycles. The zero-order valence-corrected chi connectivity index (χ0v) is 12.1. The molecule has 0 unspecified atom stereocenters. The number of hydrogen-bond donors (Lipinski definition) is 1. The normalized spacial score (nSPS) is 12.2. The van der Waals surface area contributed by atoms with Crippen LogP contribution < -0.4 is 10.7 Å². The van der Waals surface area contributed by atoms with Crippen LogP contribution in [0.4, 0.5) is 0 Å². The van der Waals surface area contributed by atoms with Crippen LogP contribution in [-0.2, 0) is 6.54 Å². The maximum atomic E-state index is 4.70. The highest BCUT2D eigenvalue weighted by Gasteiger charge is 2.07. The fourth-order valence-corrected chi connectivity index (χ4v) is 3.22. The molecule has 0 saturated heterocycles. The Kier molecular flexibility index (Phi) is 3.58. The van der Waals surface area contributed by atoms with E-state index in [1.165, 1.54) is 10.3 Å². The molecule has 1 aliphatic carbocycles. The Labute approximate surface area is 121 Å². The molecule has 0 saturated carbocycles. The first-order valence-electron chi connectivity index (χ1n) is 6.43. The summed E-state index contributed by atoms with van der Waals surface area (Å²) in [5, 5.41) is 4.08. The molecule has 0 radical (unpaired) electrons. The minimum atomic E-state index is 0.868. The highest BCUT2D eigenvalue weighted by atomic mass is 32.1. The second-order valence-corrected chi connectivity index (χ2v) is 5.59. The van der Waals surface area contributed by atoms with E-state index in [0.29, 0.717) is 0 Å². The van der Waals surface area contributed by atoms with Gasteiger partial charge in [-0.2, -0.15) is 0 Å². The molecule has 0 atom stereocenters. The van der Waals surface area contributed by atoms with E-state index in [1.54, 1.807) is 17.5 Å². The first kappa shape index (κ1) is 13.0. The van der Waals surface area contributed by atoms with Gasteiger partial charge in [0.15, 0.2) is 0 Å². The second-order valence-electron chi connectivity index (χ2n) is 4.51. The molecule has 3 rings (SSSR count). The average Bonchev–Trinajstić information content (AvgIpc) is 2.46. The number of aromatic nitrogens is 1. The minimum absolute atomic E-state index is 0.868. The first-order chi connectivity index (χ1) is 9.80. The Morgan fingerprint density at radius 1 is 1.30 bits per heavy atom. The summed E-state index contributed by atoms with van der Waals surface area (Å²) in [7, 11) is 1.95. The lowest BCUT2D eigenvalue weighted by molar-refractivity contribution is 0.819. The van der Waals surface area contributed by atoms with Crippen molar-refractivity contribution in [3.8, 4) is 10.6 Å². The van der Waals surface area contributed by atoms with E-state index in [2.05, 4.69) is 41.2 Å². The van der Waals surface area contributed by atoms with Crippen LogP contribution in [0, 0.1) is 0 Å². The molecule has 20 heavy (non-hydrogen) atoms. The Morgan fingerprint density at radius 3 is 3.00 bits per heavy atom. The van der Waals surface area contributed by atoms with Gasteiger partial charge in [0.1, 0.15) is 0 Å². The summed E-state index contributed by atoms with van der Waals surface area (Å²) in [5.74, 6) is 0. The molecule has 2 aliphatic rings. The second kappa shape index (κ2) is 5.53. The number of nitrogens with zero attached hydrogens (tertiary/aromatic N) is 2. The van der Waals surface area contributed by atoms with Crippen LogP contribution in [0.25, 0.3) is 20.8 Å². The van der Waals surface area contributed by atoms with Gasteiger partial charge in [0.2, 0.25) is 0 Å². The third-order valence-electron chi connectivity index (χ3n) is 3.05. The number of benzene rings is 2. The molecule has 3 nitrogen and oxygen atoms in total. The van der Waals surface area contributed by atoms with Gasteiger partial charge in [-0.25, -0.2) is 4.98 Å². The Bertz CT molecular complexity index is 804. The molecule has 1 aromatic carbocycles. The summed E-state index contributed by atoms with van der Waals surface area (Å²) in [4.78, 5) is 10.1. The molecule has 1 N–H and O–H groups in total. The lowest BCUT2D eigenvalue weighted by atomic mass is 10.2. The van der Waals surface area contributed by atoms with Crippen LogP contribution in [0.2, 0.25) is 0 Å². The number of rotatable bonds is 3. The molecule has 1 heterocycles. The molecule has 0 amide bonds. The van der Waals surface area contributed by atoms with Crippen molar-refractivity contribution in [1.82, 2.24) is 10.3 Å². The summed E-state index contributed by atoms with van der Waals surface area (Å²) in [6, 6.07) is 12.4. The van der Waals surface area contributed by atoms with Gasteiger partial charge in [-0.05, 0) is 42.9 Å². The highest BCUT2D eigenvalue weighted by molar-refractivity contribution is 7.21. The molecule has 0 fully saturated rings. The van der Waals surface area contributed by atoms with E-state index in [-0.39, 0.29) is 0 Å². The fourth-order valence-electron chi connectivity index (χ4n) is 2.16. The quantitative estimate of drug-likeness (QED) is 0.749. The van der Waals surface area contributed by atoms with E-state index < -0.39 is 0 Å². The number of hydrogen-bond acceptors (Lipinski definition) is 4. The van der Waals surface area contributed by atoms with Gasteiger partial charge in [0.25, 0.3) is 0 Å². The Hall–Kier alpha value is -2.04. The van der Waals surface area contributed by atoms with Gasteiger partial charge in [0, 0.05) is 12.7 Å². The van der Waals surface area contributed by atoms with E-state index in [9.17, 15) is 0 Å². The molecule has 4 heteroatoms. The van der Waals surface area contributed by atoms with Crippen molar-refractivity contribution in [2.45, 2.75) is 6.54 Å². The Balaban J connectivity index is 2.22. The highest BCUT2D eigenvalue weighted by Crippen LogP contribution is 2.29. The van der Waals surface area contributed by atoms with E-state index in [0.717, 1.165) is 28.0 Å². The van der Waals surface area contributed by atoms with Gasteiger partial charge in [-0.3, -0.25) is 4.99 Å². The van der Waals surface area contributed by atoms with Crippen LogP contribution in [0.3, 0.4) is 0 Å². The lowest BCUT2D eigenvalue weighted by Crippen LogP contribution is -2.04. The maximum Gasteiger partial charge on any atom is 0.0811 e. The monoisotopic (exact) mass is 281 g/mol. The standard InChI is InChI=1S/C16H15N3S/c1-3-18-12-5-7-14-16(9-12)20-15-8-11(10-17-2)4-6-13(15)19-14/h3-9,17H,1,10H2,2H3. The zero-order chi connectivity index (χ0) is 13.9. The van der Waals surface area contributed by atoms with Gasteiger partial charge in [-0.1, -0.05) is 12.6 Å².